The highest BCUT2D eigenvalue weighted by molar-refractivity contribution is 5.72. The van der Waals surface area contributed by atoms with E-state index in [4.69, 9.17) is 4.42 Å². The molecule has 2 aromatic rings. The van der Waals surface area contributed by atoms with Gasteiger partial charge in [0.15, 0.2) is 11.5 Å². The lowest BCUT2D eigenvalue weighted by Crippen LogP contribution is -2.48. The average Bonchev–Trinajstić information content (AvgIpc) is 2.82. The maximum Gasteiger partial charge on any atom is 0.197 e. The molecule has 1 N–H and O–H groups in total. The molecule has 18 heavy (non-hydrogen) atoms. The number of fused-ring (bicyclic) bond motifs is 1. The lowest BCUT2D eigenvalue weighted by Gasteiger charge is -2.32. The minimum absolute atomic E-state index is 0.486. The van der Waals surface area contributed by atoms with E-state index in [0.717, 1.165) is 49.6 Å². The maximum atomic E-state index is 5.78. The Morgan fingerprint density at radius 3 is 2.89 bits per heavy atom. The highest BCUT2D eigenvalue weighted by atomic mass is 16.3. The van der Waals surface area contributed by atoms with Crippen LogP contribution in [0.1, 0.15) is 12.8 Å². The molecule has 0 aliphatic carbocycles. The monoisotopic (exact) mass is 245 g/mol. The molecule has 0 spiro atoms. The third-order valence-electron chi connectivity index (χ3n) is 3.58. The lowest BCUT2D eigenvalue weighted by atomic mass is 10.2. The van der Waals surface area contributed by atoms with Gasteiger partial charge >= 0.3 is 0 Å². The molecule has 1 atom stereocenters. The number of hydrogen-bond donors (Lipinski definition) is 1. The Morgan fingerprint density at radius 1 is 1.33 bits per heavy atom. The average molecular weight is 245 g/mol. The molecule has 1 unspecified atom stereocenters. The van der Waals surface area contributed by atoms with Crippen molar-refractivity contribution in [3.63, 3.8) is 0 Å². The number of nitrogens with one attached hydrogen (secondary N) is 1. The first kappa shape index (κ1) is 11.7. The normalized spacial score (nSPS) is 19.2. The van der Waals surface area contributed by atoms with Crippen molar-refractivity contribution >= 4 is 11.1 Å². The van der Waals surface area contributed by atoms with E-state index < -0.39 is 0 Å². The van der Waals surface area contributed by atoms with E-state index in [1.54, 1.807) is 0 Å². The lowest BCUT2D eigenvalue weighted by molar-refractivity contribution is 0.177. The van der Waals surface area contributed by atoms with Gasteiger partial charge < -0.3 is 9.73 Å². The van der Waals surface area contributed by atoms with E-state index in [1.807, 2.05) is 24.3 Å². The summed E-state index contributed by atoms with van der Waals surface area (Å²) in [4.78, 5) is 7.03. The Bertz CT molecular complexity index is 483. The summed E-state index contributed by atoms with van der Waals surface area (Å²) in [6.07, 6.45) is 0.884. The van der Waals surface area contributed by atoms with Crippen molar-refractivity contribution < 1.29 is 4.42 Å². The van der Waals surface area contributed by atoms with Crippen LogP contribution in [0.3, 0.4) is 0 Å². The van der Waals surface area contributed by atoms with Crippen LogP contribution < -0.4 is 5.32 Å². The quantitative estimate of drug-likeness (QED) is 0.893. The number of para-hydroxylation sites is 2. The Labute approximate surface area is 107 Å². The number of oxazole rings is 1. The van der Waals surface area contributed by atoms with Crippen LogP contribution in [0.25, 0.3) is 11.1 Å². The summed E-state index contributed by atoms with van der Waals surface area (Å²) in [6, 6.07) is 8.44. The van der Waals surface area contributed by atoms with Gasteiger partial charge in [0.2, 0.25) is 0 Å². The number of nitrogens with zero attached hydrogens (tertiary/aromatic N) is 2. The van der Waals surface area contributed by atoms with Crippen molar-refractivity contribution in [3.05, 3.63) is 30.2 Å². The van der Waals surface area contributed by atoms with Crippen molar-refractivity contribution in [1.82, 2.24) is 15.2 Å². The standard InChI is InChI=1S/C14H19N3O/c1-11(17-8-6-15-7-9-17)10-14-16-12-4-2-3-5-13(12)18-14/h2-5,11,15H,6-10H2,1H3. The third kappa shape index (κ3) is 2.40. The summed E-state index contributed by atoms with van der Waals surface area (Å²) in [5.41, 5.74) is 1.85. The maximum absolute atomic E-state index is 5.78. The van der Waals surface area contributed by atoms with Gasteiger partial charge in [-0.25, -0.2) is 4.98 Å². The van der Waals surface area contributed by atoms with Crippen LogP contribution in [0.4, 0.5) is 0 Å². The first-order chi connectivity index (χ1) is 8.83. The molecule has 2 heterocycles. The summed E-state index contributed by atoms with van der Waals surface area (Å²) in [5.74, 6) is 0.849. The van der Waals surface area contributed by atoms with Gasteiger partial charge in [-0.05, 0) is 19.1 Å². The highest BCUT2D eigenvalue weighted by Gasteiger charge is 2.18. The second kappa shape index (κ2) is 5.08. The van der Waals surface area contributed by atoms with Gasteiger partial charge in [0, 0.05) is 38.6 Å². The van der Waals surface area contributed by atoms with Crippen LogP contribution in [0, 0.1) is 0 Å². The minimum atomic E-state index is 0.486. The Kier molecular flexibility index (Phi) is 3.30. The van der Waals surface area contributed by atoms with E-state index in [9.17, 15) is 0 Å². The predicted molar refractivity (Wildman–Crippen MR) is 71.6 cm³/mol. The van der Waals surface area contributed by atoms with Crippen LogP contribution in [-0.2, 0) is 6.42 Å². The third-order valence-corrected chi connectivity index (χ3v) is 3.58. The summed E-state index contributed by atoms with van der Waals surface area (Å²) in [7, 11) is 0. The molecule has 1 aliphatic heterocycles. The molecule has 1 fully saturated rings. The summed E-state index contributed by atoms with van der Waals surface area (Å²) in [5, 5.41) is 3.37. The molecule has 0 saturated carbocycles. The topological polar surface area (TPSA) is 41.3 Å². The fraction of sp³-hybridized carbons (Fsp3) is 0.500. The molecule has 0 amide bonds. The highest BCUT2D eigenvalue weighted by Crippen LogP contribution is 2.17. The van der Waals surface area contributed by atoms with Crippen LogP contribution in [0.15, 0.2) is 28.7 Å². The van der Waals surface area contributed by atoms with Crippen LogP contribution >= 0.6 is 0 Å². The zero-order valence-electron chi connectivity index (χ0n) is 10.7. The number of aromatic nitrogens is 1. The second-order valence-electron chi connectivity index (χ2n) is 4.91. The van der Waals surface area contributed by atoms with Gasteiger partial charge in [-0.3, -0.25) is 4.90 Å². The van der Waals surface area contributed by atoms with Gasteiger partial charge in [-0.1, -0.05) is 12.1 Å². The van der Waals surface area contributed by atoms with Gasteiger partial charge in [0.25, 0.3) is 0 Å². The predicted octanol–water partition coefficient (Wildman–Crippen LogP) is 1.66. The smallest absolute Gasteiger partial charge is 0.197 e. The Morgan fingerprint density at radius 2 is 2.11 bits per heavy atom. The fourth-order valence-electron chi connectivity index (χ4n) is 2.51. The van der Waals surface area contributed by atoms with Crippen molar-refractivity contribution in [2.45, 2.75) is 19.4 Å². The van der Waals surface area contributed by atoms with Crippen LogP contribution in [0.2, 0.25) is 0 Å². The number of hydrogen-bond acceptors (Lipinski definition) is 4. The van der Waals surface area contributed by atoms with Crippen LogP contribution in [0.5, 0.6) is 0 Å². The van der Waals surface area contributed by atoms with E-state index in [-0.39, 0.29) is 0 Å². The molecule has 1 aromatic carbocycles. The van der Waals surface area contributed by atoms with Crippen LogP contribution in [-0.4, -0.2) is 42.1 Å². The molecule has 4 nitrogen and oxygen atoms in total. The fourth-order valence-corrected chi connectivity index (χ4v) is 2.51. The second-order valence-corrected chi connectivity index (χ2v) is 4.91. The van der Waals surface area contributed by atoms with Crippen molar-refractivity contribution in [2.75, 3.05) is 26.2 Å². The molecule has 1 aliphatic rings. The SMILES string of the molecule is CC(Cc1nc2ccccc2o1)N1CCNCC1. The summed E-state index contributed by atoms with van der Waals surface area (Å²) in [6.45, 7) is 6.64. The first-order valence-electron chi connectivity index (χ1n) is 6.62. The minimum Gasteiger partial charge on any atom is -0.441 e. The van der Waals surface area contributed by atoms with Crippen molar-refractivity contribution in [2.24, 2.45) is 0 Å². The van der Waals surface area contributed by atoms with E-state index in [1.165, 1.54) is 0 Å². The van der Waals surface area contributed by atoms with E-state index in [0.29, 0.717) is 6.04 Å². The van der Waals surface area contributed by atoms with E-state index >= 15 is 0 Å². The molecule has 96 valence electrons. The molecule has 0 radical (unpaired) electrons. The number of rotatable bonds is 3. The Balaban J connectivity index is 1.71. The number of benzene rings is 1. The zero-order chi connectivity index (χ0) is 12.4. The largest absolute Gasteiger partial charge is 0.441 e. The van der Waals surface area contributed by atoms with Gasteiger partial charge in [0.1, 0.15) is 5.52 Å². The molecular weight excluding hydrogens is 226 g/mol. The van der Waals surface area contributed by atoms with Crippen molar-refractivity contribution in [1.29, 1.82) is 0 Å². The summed E-state index contributed by atoms with van der Waals surface area (Å²) < 4.78 is 5.78. The van der Waals surface area contributed by atoms with Gasteiger partial charge in [-0.2, -0.15) is 0 Å². The summed E-state index contributed by atoms with van der Waals surface area (Å²) >= 11 is 0. The molecule has 1 saturated heterocycles. The Hall–Kier alpha value is -1.39. The molecule has 0 bridgehead atoms. The molecule has 4 heteroatoms. The molecule has 1 aromatic heterocycles. The zero-order valence-corrected chi connectivity index (χ0v) is 10.7. The molecular formula is C14H19N3O. The van der Waals surface area contributed by atoms with E-state index in [2.05, 4.69) is 22.1 Å². The first-order valence-corrected chi connectivity index (χ1v) is 6.62. The van der Waals surface area contributed by atoms with Gasteiger partial charge in [-0.15, -0.1) is 0 Å². The molecule has 3 rings (SSSR count). The number of piperazine rings is 1. The van der Waals surface area contributed by atoms with Crippen molar-refractivity contribution in [3.8, 4) is 0 Å². The van der Waals surface area contributed by atoms with Gasteiger partial charge in [0.05, 0.1) is 0 Å².